The van der Waals surface area contributed by atoms with Gasteiger partial charge in [-0.15, -0.1) is 0 Å². The minimum absolute atomic E-state index is 0.165. The van der Waals surface area contributed by atoms with Crippen molar-refractivity contribution in [3.63, 3.8) is 0 Å². The highest BCUT2D eigenvalue weighted by molar-refractivity contribution is 6.32. The largest absolute Gasteiger partial charge is 0.461 e. The van der Waals surface area contributed by atoms with Gasteiger partial charge in [0.05, 0.1) is 19.0 Å². The van der Waals surface area contributed by atoms with Gasteiger partial charge in [-0.2, -0.15) is 0 Å². The molecular formula is C17H19ClN3O6. The molecule has 4 atom stereocenters. The molecule has 0 aromatic rings. The van der Waals surface area contributed by atoms with Crippen LogP contribution in [0.25, 0.3) is 0 Å². The van der Waals surface area contributed by atoms with Crippen LogP contribution < -0.4 is 5.73 Å². The first-order valence-corrected chi connectivity index (χ1v) is 8.92. The highest BCUT2D eigenvalue weighted by Gasteiger charge is 2.53. The normalized spacial score (nSPS) is 28.1. The molecule has 9 nitrogen and oxygen atoms in total. The van der Waals surface area contributed by atoms with Crippen molar-refractivity contribution in [3.05, 3.63) is 17.7 Å². The van der Waals surface area contributed by atoms with E-state index in [1.54, 1.807) is 6.92 Å². The molecule has 10 heteroatoms. The number of likely N-dealkylation sites (tertiary alicyclic amines) is 2. The molecule has 0 aromatic carbocycles. The van der Waals surface area contributed by atoms with Gasteiger partial charge in [-0.05, 0) is 24.4 Å². The monoisotopic (exact) mass is 396 g/mol. The fourth-order valence-electron chi connectivity index (χ4n) is 3.58. The molecule has 2 fully saturated rings. The molecule has 0 bridgehead atoms. The number of Topliss-reactive ketones (excluding diaryl/α,β-unsaturated/α-hetero) is 1. The summed E-state index contributed by atoms with van der Waals surface area (Å²) >= 11 is 5.63. The van der Waals surface area contributed by atoms with Crippen LogP contribution in [-0.2, 0) is 28.7 Å². The van der Waals surface area contributed by atoms with E-state index in [1.807, 2.05) is 0 Å². The van der Waals surface area contributed by atoms with Gasteiger partial charge in [0.15, 0.2) is 11.0 Å². The molecule has 2 saturated heterocycles. The third kappa shape index (κ3) is 3.55. The summed E-state index contributed by atoms with van der Waals surface area (Å²) in [5.74, 6) is -2.86. The summed E-state index contributed by atoms with van der Waals surface area (Å²) in [5.41, 5.74) is 5.18. The summed E-state index contributed by atoms with van der Waals surface area (Å²) in [7, 11) is 0. The standard InChI is InChI=1S/C17H19ClN3O6/c1-8(16(19)25)2-3-13(24)20-5-4-9-14(20)11(23)7-21(9)17(26)15-10(22)6-12(18)27-15/h3,6,8-9,14-15H,2,4-5,7H2,1H3,(H2,19,25). The number of carbonyl (C=O) groups excluding carboxylic acids is 5. The molecule has 27 heavy (non-hydrogen) atoms. The van der Waals surface area contributed by atoms with Gasteiger partial charge in [0.2, 0.25) is 23.7 Å². The molecule has 0 aromatic heterocycles. The SMILES string of the molecule is CC(C[CH]C(=O)N1CCC2C1C(=O)CN2C(=O)C1OC(Cl)=CC1=O)C(N)=O. The van der Waals surface area contributed by atoms with E-state index in [9.17, 15) is 24.0 Å². The van der Waals surface area contributed by atoms with Crippen molar-refractivity contribution in [2.45, 2.75) is 38.0 Å². The number of hydrogen-bond donors (Lipinski definition) is 1. The third-order valence-electron chi connectivity index (χ3n) is 5.09. The minimum Gasteiger partial charge on any atom is -0.461 e. The number of primary amides is 1. The number of fused-ring (bicyclic) bond motifs is 1. The molecule has 0 saturated carbocycles. The number of rotatable bonds is 5. The summed E-state index contributed by atoms with van der Waals surface area (Å²) < 4.78 is 5.04. The van der Waals surface area contributed by atoms with Crippen molar-refractivity contribution in [1.29, 1.82) is 0 Å². The van der Waals surface area contributed by atoms with E-state index >= 15 is 0 Å². The lowest BCUT2D eigenvalue weighted by atomic mass is 10.0. The highest BCUT2D eigenvalue weighted by Crippen LogP contribution is 2.32. The van der Waals surface area contributed by atoms with Gasteiger partial charge < -0.3 is 20.3 Å². The van der Waals surface area contributed by atoms with Crippen LogP contribution in [0.2, 0.25) is 0 Å². The second-order valence-electron chi connectivity index (χ2n) is 6.86. The highest BCUT2D eigenvalue weighted by atomic mass is 35.5. The summed E-state index contributed by atoms with van der Waals surface area (Å²) in [4.78, 5) is 63.1. The Hall–Kier alpha value is -2.42. The third-order valence-corrected chi connectivity index (χ3v) is 5.29. The van der Waals surface area contributed by atoms with Crippen molar-refractivity contribution >= 4 is 40.9 Å². The Morgan fingerprint density at radius 1 is 1.37 bits per heavy atom. The summed E-state index contributed by atoms with van der Waals surface area (Å²) in [6.07, 6.45) is 1.57. The number of hydrogen-bond acceptors (Lipinski definition) is 6. The van der Waals surface area contributed by atoms with E-state index in [0.29, 0.717) is 13.0 Å². The fraction of sp³-hybridized carbons (Fsp3) is 0.529. The van der Waals surface area contributed by atoms with Crippen LogP contribution in [0, 0.1) is 12.3 Å². The average molecular weight is 397 g/mol. The zero-order valence-corrected chi connectivity index (χ0v) is 15.3. The molecule has 3 aliphatic rings. The number of ketones is 2. The maximum Gasteiger partial charge on any atom is 0.272 e. The Morgan fingerprint density at radius 2 is 2.07 bits per heavy atom. The van der Waals surface area contributed by atoms with E-state index in [1.165, 1.54) is 16.2 Å². The number of nitrogens with zero attached hydrogens (tertiary/aromatic N) is 2. The van der Waals surface area contributed by atoms with Crippen molar-refractivity contribution in [2.24, 2.45) is 11.7 Å². The topological polar surface area (TPSA) is 127 Å². The zero-order chi connectivity index (χ0) is 19.9. The van der Waals surface area contributed by atoms with Crippen LogP contribution in [0.5, 0.6) is 0 Å². The molecule has 0 spiro atoms. The van der Waals surface area contributed by atoms with Crippen molar-refractivity contribution in [3.8, 4) is 0 Å². The molecule has 1 radical (unpaired) electrons. The van der Waals surface area contributed by atoms with Gasteiger partial charge in [0.1, 0.15) is 6.04 Å². The van der Waals surface area contributed by atoms with Crippen molar-refractivity contribution < 1.29 is 28.7 Å². The number of halogens is 1. The first-order valence-electron chi connectivity index (χ1n) is 8.54. The molecule has 2 N–H and O–H groups in total. The quantitative estimate of drug-likeness (QED) is 0.602. The smallest absolute Gasteiger partial charge is 0.272 e. The minimum atomic E-state index is -1.38. The maximum absolute atomic E-state index is 12.6. The van der Waals surface area contributed by atoms with Crippen LogP contribution in [0.4, 0.5) is 0 Å². The zero-order valence-electron chi connectivity index (χ0n) is 14.6. The Labute approximate surface area is 160 Å². The van der Waals surface area contributed by atoms with Gasteiger partial charge in [-0.1, -0.05) is 6.92 Å². The average Bonchev–Trinajstić information content (AvgIpc) is 3.27. The summed E-state index contributed by atoms with van der Waals surface area (Å²) in [5, 5.41) is -0.165. The van der Waals surface area contributed by atoms with E-state index in [0.717, 1.165) is 6.08 Å². The van der Waals surface area contributed by atoms with Gasteiger partial charge >= 0.3 is 0 Å². The summed E-state index contributed by atoms with van der Waals surface area (Å²) in [6.45, 7) is 1.71. The Balaban J connectivity index is 1.66. The van der Waals surface area contributed by atoms with Crippen LogP contribution in [-0.4, -0.2) is 70.4 Å². The predicted molar refractivity (Wildman–Crippen MR) is 91.7 cm³/mol. The van der Waals surface area contributed by atoms with Gasteiger partial charge in [-0.25, -0.2) is 0 Å². The molecule has 4 unspecified atom stereocenters. The first-order chi connectivity index (χ1) is 12.7. The lowest BCUT2D eigenvalue weighted by Gasteiger charge is -2.25. The molecular weight excluding hydrogens is 378 g/mol. The van der Waals surface area contributed by atoms with Crippen LogP contribution >= 0.6 is 11.6 Å². The van der Waals surface area contributed by atoms with Gasteiger partial charge in [-0.3, -0.25) is 24.0 Å². The Kier molecular flexibility index (Phi) is 5.23. The number of amides is 3. The lowest BCUT2D eigenvalue weighted by molar-refractivity contribution is -0.145. The van der Waals surface area contributed by atoms with Crippen LogP contribution in [0.3, 0.4) is 0 Å². The van der Waals surface area contributed by atoms with Gasteiger partial charge in [0, 0.05) is 18.5 Å². The fourth-order valence-corrected chi connectivity index (χ4v) is 3.78. The number of ether oxygens (including phenoxy) is 1. The first kappa shape index (κ1) is 19.3. The molecule has 0 aliphatic carbocycles. The Bertz CT molecular complexity index is 751. The predicted octanol–water partition coefficient (Wildman–Crippen LogP) is -0.869. The van der Waals surface area contributed by atoms with E-state index < -0.39 is 41.7 Å². The lowest BCUT2D eigenvalue weighted by Crippen LogP contribution is -2.47. The second-order valence-corrected chi connectivity index (χ2v) is 7.23. The van der Waals surface area contributed by atoms with Crippen molar-refractivity contribution in [2.75, 3.05) is 13.1 Å². The molecule has 3 amide bonds. The number of carbonyl (C=O) groups is 5. The molecule has 3 aliphatic heterocycles. The molecule has 3 heterocycles. The van der Waals surface area contributed by atoms with Crippen LogP contribution in [0.15, 0.2) is 11.3 Å². The molecule has 3 rings (SSSR count). The van der Waals surface area contributed by atoms with Crippen molar-refractivity contribution in [1.82, 2.24) is 9.80 Å². The Morgan fingerprint density at radius 3 is 2.67 bits per heavy atom. The van der Waals surface area contributed by atoms with Gasteiger partial charge in [0.25, 0.3) is 5.91 Å². The number of nitrogens with two attached hydrogens (primary N) is 1. The van der Waals surface area contributed by atoms with E-state index in [4.69, 9.17) is 22.1 Å². The second kappa shape index (κ2) is 7.30. The van der Waals surface area contributed by atoms with Crippen LogP contribution in [0.1, 0.15) is 19.8 Å². The van der Waals surface area contributed by atoms with E-state index in [-0.39, 0.29) is 29.9 Å². The summed E-state index contributed by atoms with van der Waals surface area (Å²) in [6, 6.07) is -1.27. The maximum atomic E-state index is 12.6. The van der Waals surface area contributed by atoms with E-state index in [2.05, 4.69) is 0 Å². The molecule has 145 valence electrons.